The van der Waals surface area contributed by atoms with E-state index in [9.17, 15) is 0 Å². The maximum atomic E-state index is 5.46. The van der Waals surface area contributed by atoms with Gasteiger partial charge in [0.15, 0.2) is 0 Å². The second-order valence-electron chi connectivity index (χ2n) is 4.83. The van der Waals surface area contributed by atoms with Crippen LogP contribution in [0.25, 0.3) is 11.1 Å². The first-order valence-electron chi connectivity index (χ1n) is 6.24. The Morgan fingerprint density at radius 3 is 1.89 bits per heavy atom. The molecule has 0 saturated heterocycles. The number of benzene rings is 2. The predicted octanol–water partition coefficient (Wildman–Crippen LogP) is 4.34. The molecule has 0 saturated carbocycles. The lowest BCUT2D eigenvalue weighted by Crippen LogP contribution is -2.17. The van der Waals surface area contributed by atoms with Crippen molar-refractivity contribution in [1.29, 1.82) is 0 Å². The van der Waals surface area contributed by atoms with Gasteiger partial charge in [0.25, 0.3) is 0 Å². The van der Waals surface area contributed by atoms with E-state index in [1.807, 2.05) is 19.0 Å². The number of rotatable bonds is 1. The SMILES string of the molecule is CN(C)C(=S)SC1c2ccccc2-c2ccccc21. The van der Waals surface area contributed by atoms with Crippen LogP contribution in [0.4, 0.5) is 0 Å². The average Bonchev–Trinajstić information content (AvgIpc) is 2.74. The Bertz CT molecular complexity index is 589. The number of thioether (sulfide) groups is 1. The number of hydrogen-bond donors (Lipinski definition) is 0. The Morgan fingerprint density at radius 1 is 0.947 bits per heavy atom. The minimum Gasteiger partial charge on any atom is -0.364 e. The summed E-state index contributed by atoms with van der Waals surface area (Å²) in [6.07, 6.45) is 0. The minimum atomic E-state index is 0.322. The highest BCUT2D eigenvalue weighted by Gasteiger charge is 2.29. The number of hydrogen-bond acceptors (Lipinski definition) is 2. The van der Waals surface area contributed by atoms with Crippen LogP contribution in [0.5, 0.6) is 0 Å². The van der Waals surface area contributed by atoms with Gasteiger partial charge in [-0.25, -0.2) is 0 Å². The quantitative estimate of drug-likeness (QED) is 0.718. The molecule has 19 heavy (non-hydrogen) atoms. The zero-order valence-electron chi connectivity index (χ0n) is 11.0. The lowest BCUT2D eigenvalue weighted by molar-refractivity contribution is 0.647. The standard InChI is InChI=1S/C16H15NS2/c1-17(2)16(18)19-15-13-9-5-3-7-11(13)12-8-4-6-10-14(12)15/h3-10,15H,1-2H3. The fourth-order valence-electron chi connectivity index (χ4n) is 2.44. The molecule has 0 unspecified atom stereocenters. The molecular weight excluding hydrogens is 270 g/mol. The Kier molecular flexibility index (Phi) is 3.33. The maximum Gasteiger partial charge on any atom is 0.136 e. The molecule has 0 atom stereocenters. The van der Waals surface area contributed by atoms with E-state index in [1.54, 1.807) is 11.8 Å². The summed E-state index contributed by atoms with van der Waals surface area (Å²) in [5.41, 5.74) is 5.44. The van der Waals surface area contributed by atoms with Crippen LogP contribution in [0.15, 0.2) is 48.5 Å². The molecule has 0 radical (unpaired) electrons. The first-order valence-corrected chi connectivity index (χ1v) is 7.53. The Hall–Kier alpha value is -1.32. The zero-order valence-corrected chi connectivity index (χ0v) is 12.6. The lowest BCUT2D eigenvalue weighted by atomic mass is 10.1. The van der Waals surface area contributed by atoms with Crippen molar-refractivity contribution in [2.45, 2.75) is 5.25 Å². The fourth-order valence-corrected chi connectivity index (χ4v) is 3.81. The summed E-state index contributed by atoms with van der Waals surface area (Å²) in [5.74, 6) is 0. The monoisotopic (exact) mass is 285 g/mol. The first-order chi connectivity index (χ1) is 9.18. The van der Waals surface area contributed by atoms with Gasteiger partial charge in [-0.2, -0.15) is 0 Å². The van der Waals surface area contributed by atoms with Crippen molar-refractivity contribution in [2.24, 2.45) is 0 Å². The van der Waals surface area contributed by atoms with Gasteiger partial charge in [0.2, 0.25) is 0 Å². The molecule has 1 nitrogen and oxygen atoms in total. The molecule has 1 aliphatic rings. The topological polar surface area (TPSA) is 3.24 Å². The van der Waals surface area contributed by atoms with Crippen LogP contribution in [-0.2, 0) is 0 Å². The third kappa shape index (κ3) is 2.17. The fraction of sp³-hybridized carbons (Fsp3) is 0.188. The third-order valence-corrected chi connectivity index (χ3v) is 5.32. The molecule has 2 aromatic rings. The van der Waals surface area contributed by atoms with E-state index in [-0.39, 0.29) is 0 Å². The molecule has 0 N–H and O–H groups in total. The van der Waals surface area contributed by atoms with Crippen LogP contribution in [-0.4, -0.2) is 23.3 Å². The second-order valence-corrected chi connectivity index (χ2v) is 6.57. The lowest BCUT2D eigenvalue weighted by Gasteiger charge is -2.18. The van der Waals surface area contributed by atoms with Crippen LogP contribution in [0.1, 0.15) is 16.4 Å². The molecule has 0 aliphatic heterocycles. The van der Waals surface area contributed by atoms with E-state index in [2.05, 4.69) is 48.5 Å². The minimum absolute atomic E-state index is 0.322. The Balaban J connectivity index is 2.07. The summed E-state index contributed by atoms with van der Waals surface area (Å²) >= 11 is 7.22. The molecule has 0 heterocycles. The molecule has 0 spiro atoms. The number of nitrogens with zero attached hydrogens (tertiary/aromatic N) is 1. The normalized spacial score (nSPS) is 12.9. The van der Waals surface area contributed by atoms with Crippen LogP contribution in [0.3, 0.4) is 0 Å². The van der Waals surface area contributed by atoms with Crippen molar-refractivity contribution in [2.75, 3.05) is 14.1 Å². The summed E-state index contributed by atoms with van der Waals surface area (Å²) in [5, 5.41) is 0.322. The summed E-state index contributed by atoms with van der Waals surface area (Å²) in [6.45, 7) is 0. The smallest absolute Gasteiger partial charge is 0.136 e. The second kappa shape index (κ2) is 4.99. The molecule has 3 rings (SSSR count). The average molecular weight is 285 g/mol. The summed E-state index contributed by atoms with van der Waals surface area (Å²) in [6, 6.07) is 17.3. The summed E-state index contributed by atoms with van der Waals surface area (Å²) in [4.78, 5) is 2.00. The van der Waals surface area contributed by atoms with Crippen molar-refractivity contribution in [3.63, 3.8) is 0 Å². The molecular formula is C16H15NS2. The van der Waals surface area contributed by atoms with Crippen molar-refractivity contribution in [3.8, 4) is 11.1 Å². The molecule has 3 heteroatoms. The molecule has 96 valence electrons. The van der Waals surface area contributed by atoms with E-state index < -0.39 is 0 Å². The Labute approximate surface area is 123 Å². The number of thiocarbonyl (C=S) groups is 1. The van der Waals surface area contributed by atoms with Gasteiger partial charge in [-0.1, -0.05) is 72.5 Å². The molecule has 0 fully saturated rings. The summed E-state index contributed by atoms with van der Waals surface area (Å²) in [7, 11) is 4.00. The van der Waals surface area contributed by atoms with Crippen LogP contribution >= 0.6 is 24.0 Å². The van der Waals surface area contributed by atoms with Crippen LogP contribution < -0.4 is 0 Å². The van der Waals surface area contributed by atoms with Crippen molar-refractivity contribution in [1.82, 2.24) is 4.90 Å². The van der Waals surface area contributed by atoms with Gasteiger partial charge in [0.05, 0.1) is 5.25 Å². The van der Waals surface area contributed by atoms with Gasteiger partial charge in [-0.3, -0.25) is 0 Å². The Morgan fingerprint density at radius 2 is 1.42 bits per heavy atom. The molecule has 0 aromatic heterocycles. The highest BCUT2D eigenvalue weighted by molar-refractivity contribution is 8.23. The molecule has 0 amide bonds. The van der Waals surface area contributed by atoms with Gasteiger partial charge in [0.1, 0.15) is 4.32 Å². The van der Waals surface area contributed by atoms with Gasteiger partial charge in [0, 0.05) is 14.1 Å². The van der Waals surface area contributed by atoms with Gasteiger partial charge in [-0.15, -0.1) is 0 Å². The van der Waals surface area contributed by atoms with Crippen molar-refractivity contribution < 1.29 is 0 Å². The molecule has 1 aliphatic carbocycles. The van der Waals surface area contributed by atoms with Crippen molar-refractivity contribution >= 4 is 28.3 Å². The summed E-state index contributed by atoms with van der Waals surface area (Å²) < 4.78 is 0.927. The van der Waals surface area contributed by atoms with E-state index in [0.717, 1.165) is 4.32 Å². The first kappa shape index (κ1) is 12.7. The van der Waals surface area contributed by atoms with Crippen LogP contribution in [0.2, 0.25) is 0 Å². The van der Waals surface area contributed by atoms with E-state index >= 15 is 0 Å². The third-order valence-electron chi connectivity index (χ3n) is 3.36. The molecule has 2 aromatic carbocycles. The largest absolute Gasteiger partial charge is 0.364 e. The predicted molar refractivity (Wildman–Crippen MR) is 87.6 cm³/mol. The zero-order chi connectivity index (χ0) is 13.4. The van der Waals surface area contributed by atoms with Crippen molar-refractivity contribution in [3.05, 3.63) is 59.7 Å². The van der Waals surface area contributed by atoms with E-state index in [0.29, 0.717) is 5.25 Å². The van der Waals surface area contributed by atoms with Gasteiger partial charge < -0.3 is 4.90 Å². The highest BCUT2D eigenvalue weighted by Crippen LogP contribution is 2.50. The van der Waals surface area contributed by atoms with Crippen LogP contribution in [0, 0.1) is 0 Å². The molecule has 0 bridgehead atoms. The van der Waals surface area contributed by atoms with E-state index in [4.69, 9.17) is 12.2 Å². The van der Waals surface area contributed by atoms with E-state index in [1.165, 1.54) is 22.3 Å². The highest BCUT2D eigenvalue weighted by atomic mass is 32.2. The maximum absolute atomic E-state index is 5.46. The van der Waals surface area contributed by atoms with Gasteiger partial charge in [-0.05, 0) is 22.3 Å². The van der Waals surface area contributed by atoms with Gasteiger partial charge >= 0.3 is 0 Å². The number of fused-ring (bicyclic) bond motifs is 3.